The van der Waals surface area contributed by atoms with Crippen molar-refractivity contribution in [3.8, 4) is 22.9 Å². The average Bonchev–Trinajstić information content (AvgIpc) is 3.08. The molecular weight excluding hydrogens is 423 g/mol. The van der Waals surface area contributed by atoms with Crippen molar-refractivity contribution < 1.29 is 28.2 Å². The number of halogens is 1. The van der Waals surface area contributed by atoms with Crippen LogP contribution in [0.15, 0.2) is 41.4 Å². The summed E-state index contributed by atoms with van der Waals surface area (Å²) in [6, 6.07) is 9.05. The molecule has 1 heterocycles. The first-order valence-electron chi connectivity index (χ1n) is 9.19. The van der Waals surface area contributed by atoms with Gasteiger partial charge in [0, 0.05) is 18.2 Å². The highest BCUT2D eigenvalue weighted by Crippen LogP contribution is 2.38. The quantitative estimate of drug-likeness (QED) is 0.538. The molecule has 0 aliphatic heterocycles. The number of ketones is 1. The first kappa shape index (κ1) is 22.2. The molecule has 3 aromatic rings. The molecule has 0 atom stereocenters. The molecule has 9 heteroatoms. The van der Waals surface area contributed by atoms with E-state index < -0.39 is 11.7 Å². The third-order valence-electron chi connectivity index (χ3n) is 4.57. The smallest absolute Gasteiger partial charge is 0.279 e. The van der Waals surface area contributed by atoms with Gasteiger partial charge in [0.05, 0.1) is 31.9 Å². The maximum Gasteiger partial charge on any atom is 0.279 e. The van der Waals surface area contributed by atoms with Crippen LogP contribution in [0.1, 0.15) is 32.6 Å². The number of methoxy groups -OCH3 is 3. The Morgan fingerprint density at radius 1 is 1.03 bits per heavy atom. The van der Waals surface area contributed by atoms with Crippen LogP contribution in [-0.4, -0.2) is 37.6 Å². The van der Waals surface area contributed by atoms with Crippen molar-refractivity contribution in [2.24, 2.45) is 4.99 Å². The zero-order valence-electron chi connectivity index (χ0n) is 17.7. The second-order valence-corrected chi connectivity index (χ2v) is 7.45. The Morgan fingerprint density at radius 3 is 2.16 bits per heavy atom. The Kier molecular flexibility index (Phi) is 6.55. The van der Waals surface area contributed by atoms with Crippen LogP contribution in [0, 0.1) is 12.7 Å². The molecule has 1 amide bonds. The van der Waals surface area contributed by atoms with Crippen molar-refractivity contribution in [3.63, 3.8) is 0 Å². The number of benzene rings is 2. The SMILES string of the molecule is COc1cc(C(=O)N=c2sc(C(C)=O)c(C)n2-c2ccccc2F)cc(OC)c1OC. The molecule has 0 fully saturated rings. The molecule has 0 bridgehead atoms. The maximum absolute atomic E-state index is 14.5. The lowest BCUT2D eigenvalue weighted by Crippen LogP contribution is -2.18. The zero-order valence-corrected chi connectivity index (χ0v) is 18.5. The molecule has 0 unspecified atom stereocenters. The van der Waals surface area contributed by atoms with Crippen LogP contribution >= 0.6 is 11.3 Å². The molecule has 0 saturated heterocycles. The summed E-state index contributed by atoms with van der Waals surface area (Å²) in [5.74, 6) is -0.368. The fourth-order valence-corrected chi connectivity index (χ4v) is 4.15. The summed E-state index contributed by atoms with van der Waals surface area (Å²) in [6.45, 7) is 3.10. The Bertz CT molecular complexity index is 1200. The van der Waals surface area contributed by atoms with E-state index in [0.717, 1.165) is 11.3 Å². The van der Waals surface area contributed by atoms with Crippen LogP contribution in [0.4, 0.5) is 4.39 Å². The van der Waals surface area contributed by atoms with Crippen LogP contribution < -0.4 is 19.0 Å². The number of thiazole rings is 1. The molecule has 0 aliphatic carbocycles. The van der Waals surface area contributed by atoms with E-state index in [-0.39, 0.29) is 21.8 Å². The van der Waals surface area contributed by atoms with Crippen LogP contribution in [0.3, 0.4) is 0 Å². The van der Waals surface area contributed by atoms with Gasteiger partial charge in [-0.25, -0.2) is 4.39 Å². The number of Topliss-reactive ketones (excluding diaryl/α,β-unsaturated/α-hetero) is 1. The lowest BCUT2D eigenvalue weighted by Gasteiger charge is -2.13. The van der Waals surface area contributed by atoms with Gasteiger partial charge in [-0.1, -0.05) is 23.5 Å². The predicted molar refractivity (Wildman–Crippen MR) is 114 cm³/mol. The van der Waals surface area contributed by atoms with Gasteiger partial charge in [0.15, 0.2) is 22.1 Å². The van der Waals surface area contributed by atoms with Gasteiger partial charge in [-0.15, -0.1) is 0 Å². The summed E-state index contributed by atoms with van der Waals surface area (Å²) in [4.78, 5) is 29.8. The normalized spacial score (nSPS) is 11.4. The number of carbonyl (C=O) groups excluding carboxylic acids is 2. The molecule has 7 nitrogen and oxygen atoms in total. The number of hydrogen-bond acceptors (Lipinski definition) is 6. The molecule has 0 spiro atoms. The number of amides is 1. The van der Waals surface area contributed by atoms with Crippen LogP contribution in [0.2, 0.25) is 0 Å². The molecule has 0 aliphatic rings. The van der Waals surface area contributed by atoms with E-state index >= 15 is 0 Å². The fraction of sp³-hybridized carbons (Fsp3) is 0.227. The van der Waals surface area contributed by atoms with Crippen molar-refractivity contribution in [1.82, 2.24) is 4.57 Å². The highest BCUT2D eigenvalue weighted by molar-refractivity contribution is 7.11. The van der Waals surface area contributed by atoms with Crippen molar-refractivity contribution in [2.75, 3.05) is 21.3 Å². The Labute approximate surface area is 182 Å². The fourth-order valence-electron chi connectivity index (χ4n) is 3.13. The van der Waals surface area contributed by atoms with E-state index in [1.807, 2.05) is 0 Å². The molecule has 0 N–H and O–H groups in total. The first-order valence-corrected chi connectivity index (χ1v) is 10.0. The van der Waals surface area contributed by atoms with Crippen molar-refractivity contribution >= 4 is 23.0 Å². The van der Waals surface area contributed by atoms with Gasteiger partial charge < -0.3 is 14.2 Å². The molecule has 3 rings (SSSR count). The average molecular weight is 444 g/mol. The van der Waals surface area contributed by atoms with Crippen molar-refractivity contribution in [3.05, 3.63) is 63.2 Å². The molecule has 2 aromatic carbocycles. The third-order valence-corrected chi connectivity index (χ3v) is 5.81. The van der Waals surface area contributed by atoms with Gasteiger partial charge in [0.25, 0.3) is 5.91 Å². The van der Waals surface area contributed by atoms with E-state index in [4.69, 9.17) is 14.2 Å². The number of carbonyl (C=O) groups is 2. The molecule has 0 radical (unpaired) electrons. The van der Waals surface area contributed by atoms with Crippen molar-refractivity contribution in [1.29, 1.82) is 0 Å². The summed E-state index contributed by atoms with van der Waals surface area (Å²) in [5.41, 5.74) is 0.879. The van der Waals surface area contributed by atoms with Gasteiger partial charge >= 0.3 is 0 Å². The number of para-hydroxylation sites is 1. The highest BCUT2D eigenvalue weighted by atomic mass is 32.1. The van der Waals surface area contributed by atoms with E-state index in [0.29, 0.717) is 27.8 Å². The van der Waals surface area contributed by atoms with Gasteiger partial charge in [-0.2, -0.15) is 4.99 Å². The second-order valence-electron chi connectivity index (χ2n) is 6.47. The topological polar surface area (TPSA) is 79.1 Å². The third kappa shape index (κ3) is 4.22. The lowest BCUT2D eigenvalue weighted by molar-refractivity contribution is 0.0994. The molecular formula is C22H21FN2O5S. The van der Waals surface area contributed by atoms with Gasteiger partial charge in [0.2, 0.25) is 5.75 Å². The number of hydrogen-bond donors (Lipinski definition) is 0. The summed E-state index contributed by atoms with van der Waals surface area (Å²) >= 11 is 1.02. The Balaban J connectivity index is 2.23. The van der Waals surface area contributed by atoms with Gasteiger partial charge in [0.1, 0.15) is 5.82 Å². The number of rotatable bonds is 6. The molecule has 1 aromatic heterocycles. The van der Waals surface area contributed by atoms with Crippen molar-refractivity contribution in [2.45, 2.75) is 13.8 Å². The number of aromatic nitrogens is 1. The second kappa shape index (κ2) is 9.13. The van der Waals surface area contributed by atoms with Crippen LogP contribution in [-0.2, 0) is 0 Å². The van der Waals surface area contributed by atoms with Crippen LogP contribution in [0.25, 0.3) is 5.69 Å². The molecule has 31 heavy (non-hydrogen) atoms. The molecule has 162 valence electrons. The monoisotopic (exact) mass is 444 g/mol. The Morgan fingerprint density at radius 2 is 1.65 bits per heavy atom. The summed E-state index contributed by atoms with van der Waals surface area (Å²) in [6.07, 6.45) is 0. The first-order chi connectivity index (χ1) is 14.8. The lowest BCUT2D eigenvalue weighted by atomic mass is 10.1. The highest BCUT2D eigenvalue weighted by Gasteiger charge is 2.20. The van der Waals surface area contributed by atoms with E-state index in [2.05, 4.69) is 4.99 Å². The van der Waals surface area contributed by atoms with Crippen LogP contribution in [0.5, 0.6) is 17.2 Å². The summed E-state index contributed by atoms with van der Waals surface area (Å²) in [7, 11) is 4.34. The van der Waals surface area contributed by atoms with Gasteiger partial charge in [-0.3, -0.25) is 14.2 Å². The maximum atomic E-state index is 14.5. The minimum atomic E-state index is -0.610. The summed E-state index contributed by atoms with van der Waals surface area (Å²) < 4.78 is 31.8. The molecule has 0 saturated carbocycles. The minimum absolute atomic E-state index is 0.173. The number of nitrogens with zero attached hydrogens (tertiary/aromatic N) is 2. The van der Waals surface area contributed by atoms with E-state index in [9.17, 15) is 14.0 Å². The standard InChI is InChI=1S/C22H21FN2O5S/c1-12-20(13(2)26)31-22(25(12)16-9-7-6-8-15(16)23)24-21(27)14-10-17(28-3)19(30-5)18(11-14)29-4/h6-11H,1-5H3. The van der Waals surface area contributed by atoms with E-state index in [1.165, 1.54) is 51.0 Å². The zero-order chi connectivity index (χ0) is 22.7. The summed E-state index contributed by atoms with van der Waals surface area (Å²) in [5, 5.41) is 0. The largest absolute Gasteiger partial charge is 0.493 e. The van der Waals surface area contributed by atoms with E-state index in [1.54, 1.807) is 25.1 Å². The predicted octanol–water partition coefficient (Wildman–Crippen LogP) is 3.96. The number of ether oxygens (including phenoxy) is 3. The Hall–Kier alpha value is -3.46. The van der Waals surface area contributed by atoms with Gasteiger partial charge in [-0.05, 0) is 31.2 Å². The minimum Gasteiger partial charge on any atom is -0.493 e.